The van der Waals surface area contributed by atoms with Crippen molar-refractivity contribution >= 4 is 17.6 Å². The van der Waals surface area contributed by atoms with Crippen molar-refractivity contribution in [2.75, 3.05) is 7.05 Å². The van der Waals surface area contributed by atoms with Gasteiger partial charge in [-0.05, 0) is 37.1 Å². The van der Waals surface area contributed by atoms with Crippen LogP contribution in [-0.4, -0.2) is 18.1 Å². The lowest BCUT2D eigenvalue weighted by Gasteiger charge is -2.16. The second kappa shape index (κ2) is 4.44. The van der Waals surface area contributed by atoms with Gasteiger partial charge in [-0.1, -0.05) is 23.7 Å². The first-order chi connectivity index (χ1) is 7.63. The average molecular weight is 240 g/mol. The standard InChI is InChI=1S/C12H14ClNO2/c1-14-11(9-6-10(9)12(15)16)7-2-4-8(13)5-3-7/h2-5,9-11,14H,6H2,1H3,(H,15,16). The van der Waals surface area contributed by atoms with Gasteiger partial charge in [0.15, 0.2) is 0 Å². The van der Waals surface area contributed by atoms with E-state index in [0.29, 0.717) is 5.02 Å². The van der Waals surface area contributed by atoms with Crippen LogP contribution < -0.4 is 5.32 Å². The number of carbonyl (C=O) groups is 1. The normalized spacial score (nSPS) is 25.1. The zero-order chi connectivity index (χ0) is 11.7. The summed E-state index contributed by atoms with van der Waals surface area (Å²) < 4.78 is 0. The first-order valence-electron chi connectivity index (χ1n) is 5.29. The molecule has 4 heteroatoms. The van der Waals surface area contributed by atoms with Gasteiger partial charge < -0.3 is 10.4 Å². The number of aliphatic carboxylic acids is 1. The summed E-state index contributed by atoms with van der Waals surface area (Å²) in [7, 11) is 1.86. The summed E-state index contributed by atoms with van der Waals surface area (Å²) in [4.78, 5) is 10.8. The highest BCUT2D eigenvalue weighted by Gasteiger charge is 2.47. The molecule has 16 heavy (non-hydrogen) atoms. The van der Waals surface area contributed by atoms with Crippen LogP contribution in [0.3, 0.4) is 0 Å². The molecule has 3 nitrogen and oxygen atoms in total. The zero-order valence-electron chi connectivity index (χ0n) is 8.98. The summed E-state index contributed by atoms with van der Waals surface area (Å²) >= 11 is 5.82. The molecule has 0 bridgehead atoms. The third kappa shape index (κ3) is 2.20. The van der Waals surface area contributed by atoms with Crippen LogP contribution in [0.5, 0.6) is 0 Å². The van der Waals surface area contributed by atoms with Crippen molar-refractivity contribution in [3.8, 4) is 0 Å². The summed E-state index contributed by atoms with van der Waals surface area (Å²) in [6.07, 6.45) is 0.753. The quantitative estimate of drug-likeness (QED) is 0.848. The van der Waals surface area contributed by atoms with Crippen molar-refractivity contribution in [2.24, 2.45) is 11.8 Å². The highest BCUT2D eigenvalue weighted by atomic mass is 35.5. The van der Waals surface area contributed by atoms with Gasteiger partial charge in [-0.3, -0.25) is 4.79 Å². The fourth-order valence-corrected chi connectivity index (χ4v) is 2.29. The highest BCUT2D eigenvalue weighted by molar-refractivity contribution is 6.30. The van der Waals surface area contributed by atoms with E-state index in [4.69, 9.17) is 16.7 Å². The maximum Gasteiger partial charge on any atom is 0.306 e. The number of hydrogen-bond donors (Lipinski definition) is 2. The van der Waals surface area contributed by atoms with E-state index in [1.807, 2.05) is 31.3 Å². The lowest BCUT2D eigenvalue weighted by Crippen LogP contribution is -2.20. The Kier molecular flexibility index (Phi) is 3.17. The Bertz CT molecular complexity index is 391. The molecule has 1 fully saturated rings. The number of carboxylic acids is 1. The van der Waals surface area contributed by atoms with Crippen molar-refractivity contribution in [3.63, 3.8) is 0 Å². The summed E-state index contributed by atoms with van der Waals surface area (Å²) in [5.74, 6) is -0.698. The summed E-state index contributed by atoms with van der Waals surface area (Å²) in [5, 5.41) is 12.8. The monoisotopic (exact) mass is 239 g/mol. The number of carboxylic acid groups (broad SMARTS) is 1. The largest absolute Gasteiger partial charge is 0.481 e. The van der Waals surface area contributed by atoms with E-state index in [-0.39, 0.29) is 17.9 Å². The molecule has 86 valence electrons. The molecule has 1 aliphatic rings. The van der Waals surface area contributed by atoms with Crippen LogP contribution in [0.2, 0.25) is 5.02 Å². The van der Waals surface area contributed by atoms with Crippen molar-refractivity contribution in [1.29, 1.82) is 0 Å². The molecule has 1 aliphatic carbocycles. The van der Waals surface area contributed by atoms with Gasteiger partial charge in [-0.25, -0.2) is 0 Å². The van der Waals surface area contributed by atoms with Crippen LogP contribution in [0.4, 0.5) is 0 Å². The Morgan fingerprint density at radius 1 is 1.50 bits per heavy atom. The number of hydrogen-bond acceptors (Lipinski definition) is 2. The molecule has 0 amide bonds. The van der Waals surface area contributed by atoms with Crippen molar-refractivity contribution in [2.45, 2.75) is 12.5 Å². The van der Waals surface area contributed by atoms with E-state index < -0.39 is 5.97 Å². The third-order valence-electron chi connectivity index (χ3n) is 3.13. The van der Waals surface area contributed by atoms with E-state index in [0.717, 1.165) is 12.0 Å². The molecular weight excluding hydrogens is 226 g/mol. The van der Waals surface area contributed by atoms with Crippen molar-refractivity contribution < 1.29 is 9.90 Å². The SMILES string of the molecule is CNC(c1ccc(Cl)cc1)C1CC1C(=O)O. The number of benzene rings is 1. The van der Waals surface area contributed by atoms with Crippen molar-refractivity contribution in [1.82, 2.24) is 5.32 Å². The molecule has 0 aromatic heterocycles. The van der Waals surface area contributed by atoms with Gasteiger partial charge in [-0.2, -0.15) is 0 Å². The molecule has 1 saturated carbocycles. The fraction of sp³-hybridized carbons (Fsp3) is 0.417. The summed E-state index contributed by atoms with van der Waals surface area (Å²) in [6, 6.07) is 7.67. The Morgan fingerprint density at radius 2 is 2.12 bits per heavy atom. The van der Waals surface area contributed by atoms with Gasteiger partial charge in [0.25, 0.3) is 0 Å². The molecule has 2 rings (SSSR count). The van der Waals surface area contributed by atoms with E-state index in [2.05, 4.69) is 5.32 Å². The minimum atomic E-state index is -0.695. The molecule has 1 aromatic carbocycles. The summed E-state index contributed by atoms with van der Waals surface area (Å²) in [6.45, 7) is 0. The van der Waals surface area contributed by atoms with Gasteiger partial charge in [0, 0.05) is 11.1 Å². The molecule has 0 spiro atoms. The first kappa shape index (κ1) is 11.4. The lowest BCUT2D eigenvalue weighted by molar-refractivity contribution is -0.138. The van der Waals surface area contributed by atoms with Gasteiger partial charge in [0.05, 0.1) is 5.92 Å². The van der Waals surface area contributed by atoms with E-state index in [1.54, 1.807) is 0 Å². The van der Waals surface area contributed by atoms with Crippen LogP contribution >= 0.6 is 11.6 Å². The van der Waals surface area contributed by atoms with Gasteiger partial charge in [0.1, 0.15) is 0 Å². The molecule has 2 N–H and O–H groups in total. The molecule has 3 unspecified atom stereocenters. The van der Waals surface area contributed by atoms with E-state index in [9.17, 15) is 4.79 Å². The molecule has 0 radical (unpaired) electrons. The van der Waals surface area contributed by atoms with Gasteiger partial charge in [-0.15, -0.1) is 0 Å². The molecule has 1 aromatic rings. The maximum atomic E-state index is 10.8. The predicted molar refractivity (Wildman–Crippen MR) is 62.5 cm³/mol. The van der Waals surface area contributed by atoms with Gasteiger partial charge >= 0.3 is 5.97 Å². The van der Waals surface area contributed by atoms with Crippen LogP contribution in [0, 0.1) is 11.8 Å². The predicted octanol–water partition coefficient (Wildman–Crippen LogP) is 2.32. The fourth-order valence-electron chi connectivity index (χ4n) is 2.17. The number of nitrogens with one attached hydrogen (secondary N) is 1. The average Bonchev–Trinajstić information content (AvgIpc) is 3.02. The number of rotatable bonds is 4. The zero-order valence-corrected chi connectivity index (χ0v) is 9.74. The van der Waals surface area contributed by atoms with Crippen LogP contribution in [0.1, 0.15) is 18.0 Å². The third-order valence-corrected chi connectivity index (χ3v) is 3.38. The van der Waals surface area contributed by atoms with Crippen LogP contribution in [0.15, 0.2) is 24.3 Å². The molecular formula is C12H14ClNO2. The maximum absolute atomic E-state index is 10.8. The highest BCUT2D eigenvalue weighted by Crippen LogP contribution is 2.47. The minimum absolute atomic E-state index is 0.110. The Hall–Kier alpha value is -1.06. The molecule has 3 atom stereocenters. The van der Waals surface area contributed by atoms with Crippen LogP contribution in [0.25, 0.3) is 0 Å². The second-order valence-electron chi connectivity index (χ2n) is 4.16. The van der Waals surface area contributed by atoms with Crippen LogP contribution in [-0.2, 0) is 4.79 Å². The molecule has 0 saturated heterocycles. The molecule has 0 aliphatic heterocycles. The Balaban J connectivity index is 2.12. The summed E-state index contributed by atoms with van der Waals surface area (Å²) in [5.41, 5.74) is 1.10. The Morgan fingerprint density at radius 3 is 2.56 bits per heavy atom. The number of halogens is 1. The minimum Gasteiger partial charge on any atom is -0.481 e. The van der Waals surface area contributed by atoms with Gasteiger partial charge in [0.2, 0.25) is 0 Å². The smallest absolute Gasteiger partial charge is 0.306 e. The molecule has 0 heterocycles. The van der Waals surface area contributed by atoms with Crippen molar-refractivity contribution in [3.05, 3.63) is 34.9 Å². The first-order valence-corrected chi connectivity index (χ1v) is 5.67. The Labute approximate surface area is 99.4 Å². The lowest BCUT2D eigenvalue weighted by atomic mass is 10.0. The second-order valence-corrected chi connectivity index (χ2v) is 4.60. The van der Waals surface area contributed by atoms with E-state index >= 15 is 0 Å². The van der Waals surface area contributed by atoms with E-state index in [1.165, 1.54) is 0 Å². The topological polar surface area (TPSA) is 49.3 Å².